The van der Waals surface area contributed by atoms with Crippen molar-refractivity contribution in [3.8, 4) is 0 Å². The topological polar surface area (TPSA) is 32.7 Å². The van der Waals surface area contributed by atoms with Crippen LogP contribution in [0.25, 0.3) is 5.70 Å². The van der Waals surface area contributed by atoms with E-state index in [1.165, 1.54) is 5.56 Å². The zero-order chi connectivity index (χ0) is 19.7. The van der Waals surface area contributed by atoms with E-state index in [1.54, 1.807) is 30.3 Å². The minimum Gasteiger partial charge on any atom is -0.298 e. The molecule has 0 bridgehead atoms. The molecule has 0 aromatic heterocycles. The Bertz CT molecular complexity index is 1100. The van der Waals surface area contributed by atoms with E-state index >= 15 is 0 Å². The van der Waals surface area contributed by atoms with Crippen molar-refractivity contribution in [3.63, 3.8) is 0 Å². The first-order chi connectivity index (χ1) is 13.5. The number of ketones is 1. The normalized spacial score (nSPS) is 14.6. The molecule has 0 amide bonds. The number of amidine groups is 1. The lowest BCUT2D eigenvalue weighted by molar-refractivity contribution is 0.104. The van der Waals surface area contributed by atoms with Crippen LogP contribution in [0.15, 0.2) is 83.9 Å². The third-order valence-corrected chi connectivity index (χ3v) is 4.97. The smallest absolute Gasteiger partial charge is 0.187 e. The van der Waals surface area contributed by atoms with Gasteiger partial charge < -0.3 is 0 Å². The molecule has 0 unspecified atom stereocenters. The number of rotatable bonds is 3. The minimum atomic E-state index is -0.0757. The summed E-state index contributed by atoms with van der Waals surface area (Å²) in [5.74, 6) is 0.742. The summed E-state index contributed by atoms with van der Waals surface area (Å²) in [4.78, 5) is 19.7. The Labute approximate surface area is 169 Å². The number of aryl methyl sites for hydroxylation is 1. The Hall–Kier alpha value is -3.17. The lowest BCUT2D eigenvalue weighted by Crippen LogP contribution is -2.30. The number of hydrogen-bond acceptors (Lipinski definition) is 3. The van der Waals surface area contributed by atoms with Crippen molar-refractivity contribution in [3.05, 3.63) is 101 Å². The van der Waals surface area contributed by atoms with Crippen LogP contribution in [0.1, 0.15) is 28.4 Å². The Kier molecular flexibility index (Phi) is 4.84. The van der Waals surface area contributed by atoms with E-state index in [0.717, 1.165) is 28.5 Å². The van der Waals surface area contributed by atoms with Crippen LogP contribution < -0.4 is 4.90 Å². The van der Waals surface area contributed by atoms with Crippen molar-refractivity contribution in [1.82, 2.24) is 0 Å². The van der Waals surface area contributed by atoms with Gasteiger partial charge in [0.15, 0.2) is 5.78 Å². The largest absolute Gasteiger partial charge is 0.298 e. The van der Waals surface area contributed by atoms with E-state index < -0.39 is 0 Å². The number of nitrogens with zero attached hydrogens (tertiary/aromatic N) is 2. The molecule has 4 rings (SSSR count). The molecule has 1 aliphatic rings. The first-order valence-corrected chi connectivity index (χ1v) is 9.44. The summed E-state index contributed by atoms with van der Waals surface area (Å²) in [5.41, 5.74) is 5.34. The van der Waals surface area contributed by atoms with Gasteiger partial charge in [-0.05, 0) is 56.3 Å². The highest BCUT2D eigenvalue weighted by atomic mass is 35.5. The Morgan fingerprint density at radius 3 is 2.32 bits per heavy atom. The maximum atomic E-state index is 13.0. The molecule has 0 N–H and O–H groups in total. The van der Waals surface area contributed by atoms with Crippen molar-refractivity contribution in [2.45, 2.75) is 13.8 Å². The maximum Gasteiger partial charge on any atom is 0.187 e. The highest BCUT2D eigenvalue weighted by Crippen LogP contribution is 2.37. The average molecular weight is 387 g/mol. The van der Waals surface area contributed by atoms with Crippen LogP contribution in [0.2, 0.25) is 5.02 Å². The Morgan fingerprint density at radius 1 is 0.929 bits per heavy atom. The number of para-hydroxylation sites is 1. The summed E-state index contributed by atoms with van der Waals surface area (Å²) in [6.45, 7) is 4.01. The van der Waals surface area contributed by atoms with Gasteiger partial charge in [-0.1, -0.05) is 47.5 Å². The number of benzene rings is 3. The van der Waals surface area contributed by atoms with Crippen molar-refractivity contribution in [1.29, 1.82) is 0 Å². The molecule has 3 aromatic rings. The number of anilines is 1. The predicted molar refractivity (Wildman–Crippen MR) is 117 cm³/mol. The molecule has 0 saturated heterocycles. The molecular weight excluding hydrogens is 368 g/mol. The molecule has 0 saturated carbocycles. The second kappa shape index (κ2) is 7.45. The summed E-state index contributed by atoms with van der Waals surface area (Å²) in [5, 5.41) is 0.608. The number of allylic oxidation sites excluding steroid dienone is 1. The molecule has 0 aliphatic carbocycles. The fourth-order valence-electron chi connectivity index (χ4n) is 3.29. The van der Waals surface area contributed by atoms with Gasteiger partial charge in [0.2, 0.25) is 0 Å². The second-order valence-corrected chi connectivity index (χ2v) is 7.18. The number of carbonyl (C=O) groups excluding carboxylic acids is 1. The maximum absolute atomic E-state index is 13.0. The number of carbonyl (C=O) groups is 1. The number of aliphatic imine (C=N–C) groups is 1. The summed E-state index contributed by atoms with van der Waals surface area (Å²) in [7, 11) is 0. The van der Waals surface area contributed by atoms with Gasteiger partial charge in [0.05, 0.1) is 11.4 Å². The summed E-state index contributed by atoms with van der Waals surface area (Å²) in [6, 6.07) is 23.0. The first-order valence-electron chi connectivity index (χ1n) is 9.06. The predicted octanol–water partition coefficient (Wildman–Crippen LogP) is 6.44. The van der Waals surface area contributed by atoms with Gasteiger partial charge >= 0.3 is 0 Å². The van der Waals surface area contributed by atoms with Crippen LogP contribution in [0, 0.1) is 6.92 Å². The van der Waals surface area contributed by atoms with E-state index in [1.807, 2.05) is 48.2 Å². The zero-order valence-electron chi connectivity index (χ0n) is 15.7. The third kappa shape index (κ3) is 3.49. The third-order valence-electron chi connectivity index (χ3n) is 4.72. The molecule has 28 heavy (non-hydrogen) atoms. The molecule has 3 nitrogen and oxygen atoms in total. The fraction of sp³-hybridized carbons (Fsp3) is 0.0833. The van der Waals surface area contributed by atoms with Crippen molar-refractivity contribution >= 4 is 40.3 Å². The second-order valence-electron chi connectivity index (χ2n) is 6.75. The van der Waals surface area contributed by atoms with Crippen molar-refractivity contribution < 1.29 is 4.79 Å². The SMILES string of the molecule is CC1=Nc2ccccc2/C(=C/C(=O)c2ccc(Cl)cc2)N1c1ccc(C)cc1. The lowest BCUT2D eigenvalue weighted by atomic mass is 10.0. The molecule has 1 aliphatic heterocycles. The molecule has 0 spiro atoms. The number of halogens is 1. The molecule has 1 heterocycles. The molecule has 4 heteroatoms. The zero-order valence-corrected chi connectivity index (χ0v) is 16.4. The van der Waals surface area contributed by atoms with Gasteiger partial charge in [0, 0.05) is 27.9 Å². The van der Waals surface area contributed by atoms with Gasteiger partial charge in [-0.3, -0.25) is 9.69 Å². The van der Waals surface area contributed by atoms with Crippen molar-refractivity contribution in [2.75, 3.05) is 4.90 Å². The highest BCUT2D eigenvalue weighted by molar-refractivity contribution is 6.30. The van der Waals surface area contributed by atoms with Crippen LogP contribution in [0.5, 0.6) is 0 Å². The van der Waals surface area contributed by atoms with Crippen LogP contribution >= 0.6 is 11.6 Å². The van der Waals surface area contributed by atoms with E-state index in [4.69, 9.17) is 16.6 Å². The molecule has 0 atom stereocenters. The van der Waals surface area contributed by atoms with E-state index in [-0.39, 0.29) is 5.78 Å². The van der Waals surface area contributed by atoms with Gasteiger partial charge in [0.1, 0.15) is 5.84 Å². The summed E-state index contributed by atoms with van der Waals surface area (Å²) in [6.07, 6.45) is 1.68. The lowest BCUT2D eigenvalue weighted by Gasteiger charge is -2.31. The Morgan fingerprint density at radius 2 is 1.61 bits per heavy atom. The molecule has 0 radical (unpaired) electrons. The quantitative estimate of drug-likeness (QED) is 0.383. The van der Waals surface area contributed by atoms with Crippen LogP contribution in [-0.2, 0) is 0 Å². The average Bonchev–Trinajstić information content (AvgIpc) is 2.69. The highest BCUT2D eigenvalue weighted by Gasteiger charge is 2.24. The number of fused-ring (bicyclic) bond motifs is 1. The van der Waals surface area contributed by atoms with Gasteiger partial charge in [0.25, 0.3) is 0 Å². The van der Waals surface area contributed by atoms with Crippen LogP contribution in [-0.4, -0.2) is 11.6 Å². The number of hydrogen-bond donors (Lipinski definition) is 0. The van der Waals surface area contributed by atoms with Crippen molar-refractivity contribution in [2.24, 2.45) is 4.99 Å². The van der Waals surface area contributed by atoms with Gasteiger partial charge in [-0.15, -0.1) is 0 Å². The molecular formula is C24H19ClN2O. The van der Waals surface area contributed by atoms with E-state index in [9.17, 15) is 4.79 Å². The van der Waals surface area contributed by atoms with Gasteiger partial charge in [-0.25, -0.2) is 4.99 Å². The van der Waals surface area contributed by atoms with Crippen LogP contribution in [0.3, 0.4) is 0 Å². The molecule has 138 valence electrons. The van der Waals surface area contributed by atoms with Gasteiger partial charge in [-0.2, -0.15) is 0 Å². The fourth-order valence-corrected chi connectivity index (χ4v) is 3.42. The standard InChI is InChI=1S/C24H19ClN2O/c1-16-7-13-20(14-8-16)27-17(2)26-22-6-4-3-5-21(22)23(27)15-24(28)18-9-11-19(25)12-10-18/h3-15H,1-2H3/b23-15-. The minimum absolute atomic E-state index is 0.0757. The summed E-state index contributed by atoms with van der Waals surface area (Å²) < 4.78 is 0. The Balaban J connectivity index is 1.85. The molecule has 3 aromatic carbocycles. The van der Waals surface area contributed by atoms with E-state index in [0.29, 0.717) is 10.6 Å². The summed E-state index contributed by atoms with van der Waals surface area (Å²) >= 11 is 5.96. The first kappa shape index (κ1) is 18.2. The molecule has 0 fully saturated rings. The monoisotopic (exact) mass is 386 g/mol. The van der Waals surface area contributed by atoms with Crippen LogP contribution in [0.4, 0.5) is 11.4 Å². The van der Waals surface area contributed by atoms with E-state index in [2.05, 4.69) is 19.1 Å².